The van der Waals surface area contributed by atoms with Crippen LogP contribution in [-0.2, 0) is 0 Å². The molecule has 1 heterocycles. The topological polar surface area (TPSA) is 60.8 Å². The van der Waals surface area contributed by atoms with Crippen LogP contribution in [0.3, 0.4) is 0 Å². The van der Waals surface area contributed by atoms with Gasteiger partial charge >= 0.3 is 0 Å². The van der Waals surface area contributed by atoms with Gasteiger partial charge in [0.2, 0.25) is 0 Å². The standard InChI is InChI=1S/C14H19NO3/c1-10-4-3-8-15(9-7-10)14(18)11-5-2-6-12(16)13(11)17/h2,5-6,10,16-17H,3-4,7-9H2,1H3. The Morgan fingerprint density at radius 1 is 1.28 bits per heavy atom. The molecule has 1 fully saturated rings. The average molecular weight is 249 g/mol. The van der Waals surface area contributed by atoms with E-state index >= 15 is 0 Å². The maximum atomic E-state index is 12.3. The van der Waals surface area contributed by atoms with Crippen LogP contribution in [0, 0.1) is 5.92 Å². The molecule has 0 saturated carbocycles. The van der Waals surface area contributed by atoms with E-state index in [-0.39, 0.29) is 23.0 Å². The summed E-state index contributed by atoms with van der Waals surface area (Å²) in [7, 11) is 0. The van der Waals surface area contributed by atoms with Gasteiger partial charge in [-0.2, -0.15) is 0 Å². The predicted octanol–water partition coefficient (Wildman–Crippen LogP) is 2.36. The smallest absolute Gasteiger partial charge is 0.257 e. The quantitative estimate of drug-likeness (QED) is 0.751. The van der Waals surface area contributed by atoms with Gasteiger partial charge in [0.05, 0.1) is 5.56 Å². The predicted molar refractivity (Wildman–Crippen MR) is 68.7 cm³/mol. The lowest BCUT2D eigenvalue weighted by Crippen LogP contribution is -2.32. The maximum Gasteiger partial charge on any atom is 0.257 e. The van der Waals surface area contributed by atoms with E-state index < -0.39 is 0 Å². The van der Waals surface area contributed by atoms with Crippen molar-refractivity contribution in [1.29, 1.82) is 0 Å². The fourth-order valence-corrected chi connectivity index (χ4v) is 2.34. The lowest BCUT2D eigenvalue weighted by molar-refractivity contribution is 0.0756. The van der Waals surface area contributed by atoms with Gasteiger partial charge in [-0.05, 0) is 37.3 Å². The molecule has 1 aliphatic rings. The van der Waals surface area contributed by atoms with Crippen molar-refractivity contribution in [2.45, 2.75) is 26.2 Å². The van der Waals surface area contributed by atoms with Crippen molar-refractivity contribution in [2.24, 2.45) is 5.92 Å². The molecule has 1 saturated heterocycles. The number of carbonyl (C=O) groups excluding carboxylic acids is 1. The van der Waals surface area contributed by atoms with E-state index in [1.54, 1.807) is 17.0 Å². The van der Waals surface area contributed by atoms with Crippen LogP contribution in [0.2, 0.25) is 0 Å². The number of hydrogen-bond donors (Lipinski definition) is 2. The second-order valence-electron chi connectivity index (χ2n) is 5.00. The molecule has 4 heteroatoms. The van der Waals surface area contributed by atoms with Gasteiger partial charge in [-0.3, -0.25) is 4.79 Å². The first-order valence-corrected chi connectivity index (χ1v) is 6.40. The molecule has 0 bridgehead atoms. The minimum atomic E-state index is -0.320. The molecule has 98 valence electrons. The molecule has 18 heavy (non-hydrogen) atoms. The highest BCUT2D eigenvalue weighted by molar-refractivity contribution is 5.97. The Labute approximate surface area is 107 Å². The van der Waals surface area contributed by atoms with Crippen molar-refractivity contribution in [3.63, 3.8) is 0 Å². The molecule has 1 aromatic carbocycles. The van der Waals surface area contributed by atoms with Crippen molar-refractivity contribution in [3.05, 3.63) is 23.8 Å². The Hall–Kier alpha value is -1.71. The number of carbonyl (C=O) groups is 1. The number of hydrogen-bond acceptors (Lipinski definition) is 3. The van der Waals surface area contributed by atoms with Crippen molar-refractivity contribution in [2.75, 3.05) is 13.1 Å². The molecule has 1 atom stereocenters. The summed E-state index contributed by atoms with van der Waals surface area (Å²) < 4.78 is 0. The maximum absolute atomic E-state index is 12.3. The van der Waals surface area contributed by atoms with Gasteiger partial charge in [0.15, 0.2) is 11.5 Å². The molecule has 0 spiro atoms. The average Bonchev–Trinajstić information content (AvgIpc) is 2.57. The summed E-state index contributed by atoms with van der Waals surface area (Å²) >= 11 is 0. The van der Waals surface area contributed by atoms with Crippen LogP contribution in [0.1, 0.15) is 36.5 Å². The lowest BCUT2D eigenvalue weighted by Gasteiger charge is -2.21. The number of aromatic hydroxyl groups is 2. The van der Waals surface area contributed by atoms with E-state index in [0.717, 1.165) is 32.4 Å². The summed E-state index contributed by atoms with van der Waals surface area (Å²) in [5.41, 5.74) is 0.185. The summed E-state index contributed by atoms with van der Waals surface area (Å²) in [6.07, 6.45) is 3.12. The molecule has 1 amide bonds. The number of amides is 1. The monoisotopic (exact) mass is 249 g/mol. The van der Waals surface area contributed by atoms with Crippen molar-refractivity contribution < 1.29 is 15.0 Å². The van der Waals surface area contributed by atoms with Crippen molar-refractivity contribution in [1.82, 2.24) is 4.90 Å². The highest BCUT2D eigenvalue weighted by Crippen LogP contribution is 2.29. The van der Waals surface area contributed by atoms with E-state index in [0.29, 0.717) is 5.92 Å². The molecule has 1 aromatic rings. The lowest BCUT2D eigenvalue weighted by atomic mass is 10.0. The third kappa shape index (κ3) is 2.58. The minimum absolute atomic E-state index is 0.185. The number of likely N-dealkylation sites (tertiary alicyclic amines) is 1. The summed E-state index contributed by atoms with van der Waals surface area (Å²) in [4.78, 5) is 14.0. The van der Waals surface area contributed by atoms with Crippen LogP contribution in [0.25, 0.3) is 0 Å². The normalized spacial score (nSPS) is 20.5. The van der Waals surface area contributed by atoms with Crippen molar-refractivity contribution in [3.8, 4) is 11.5 Å². The third-order valence-corrected chi connectivity index (χ3v) is 3.55. The molecular weight excluding hydrogens is 230 g/mol. The minimum Gasteiger partial charge on any atom is -0.504 e. The first kappa shape index (κ1) is 12.7. The van der Waals surface area contributed by atoms with Crippen LogP contribution < -0.4 is 0 Å². The van der Waals surface area contributed by atoms with Gasteiger partial charge in [0, 0.05) is 13.1 Å². The number of phenolic OH excluding ortho intramolecular Hbond substituents is 2. The fourth-order valence-electron chi connectivity index (χ4n) is 2.34. The Morgan fingerprint density at radius 3 is 2.83 bits per heavy atom. The molecular formula is C14H19NO3. The van der Waals surface area contributed by atoms with Gasteiger partial charge in [-0.15, -0.1) is 0 Å². The molecule has 1 unspecified atom stereocenters. The number of benzene rings is 1. The van der Waals surface area contributed by atoms with E-state index in [1.165, 1.54) is 6.07 Å². The zero-order chi connectivity index (χ0) is 13.1. The summed E-state index contributed by atoms with van der Waals surface area (Å²) in [6.45, 7) is 3.63. The first-order chi connectivity index (χ1) is 8.59. The van der Waals surface area contributed by atoms with Crippen LogP contribution in [0.15, 0.2) is 18.2 Å². The Balaban J connectivity index is 2.18. The summed E-state index contributed by atoms with van der Waals surface area (Å²) in [5, 5.41) is 19.1. The van der Waals surface area contributed by atoms with E-state index in [9.17, 15) is 15.0 Å². The molecule has 1 aliphatic heterocycles. The van der Waals surface area contributed by atoms with Crippen LogP contribution in [0.5, 0.6) is 11.5 Å². The van der Waals surface area contributed by atoms with Crippen LogP contribution >= 0.6 is 0 Å². The number of rotatable bonds is 1. The van der Waals surface area contributed by atoms with Gasteiger partial charge in [0.1, 0.15) is 0 Å². The number of phenols is 2. The van der Waals surface area contributed by atoms with Gasteiger partial charge in [0.25, 0.3) is 5.91 Å². The molecule has 0 radical (unpaired) electrons. The second-order valence-corrected chi connectivity index (χ2v) is 5.00. The third-order valence-electron chi connectivity index (χ3n) is 3.55. The van der Waals surface area contributed by atoms with Gasteiger partial charge in [-0.1, -0.05) is 13.0 Å². The Bertz CT molecular complexity index is 445. The highest BCUT2D eigenvalue weighted by Gasteiger charge is 2.22. The summed E-state index contributed by atoms with van der Waals surface area (Å²) in [5.74, 6) is -0.123. The molecule has 4 nitrogen and oxygen atoms in total. The van der Waals surface area contributed by atoms with Gasteiger partial charge in [-0.25, -0.2) is 0 Å². The first-order valence-electron chi connectivity index (χ1n) is 6.40. The molecule has 0 aromatic heterocycles. The van der Waals surface area contributed by atoms with Crippen molar-refractivity contribution >= 4 is 5.91 Å². The second kappa shape index (κ2) is 5.29. The fraction of sp³-hybridized carbons (Fsp3) is 0.500. The Morgan fingerprint density at radius 2 is 2.06 bits per heavy atom. The number of para-hydroxylation sites is 1. The van der Waals surface area contributed by atoms with E-state index in [1.807, 2.05) is 0 Å². The number of nitrogens with zero attached hydrogens (tertiary/aromatic N) is 1. The highest BCUT2D eigenvalue weighted by atomic mass is 16.3. The van der Waals surface area contributed by atoms with Crippen LogP contribution in [-0.4, -0.2) is 34.1 Å². The SMILES string of the molecule is CC1CCCN(C(=O)c2cccc(O)c2O)CC1. The largest absolute Gasteiger partial charge is 0.504 e. The Kier molecular flexibility index (Phi) is 3.75. The zero-order valence-corrected chi connectivity index (χ0v) is 10.6. The van der Waals surface area contributed by atoms with Gasteiger partial charge < -0.3 is 15.1 Å². The zero-order valence-electron chi connectivity index (χ0n) is 10.6. The molecule has 2 rings (SSSR count). The van der Waals surface area contributed by atoms with Crippen LogP contribution in [0.4, 0.5) is 0 Å². The summed E-state index contributed by atoms with van der Waals surface area (Å²) in [6, 6.07) is 4.49. The molecule has 0 aliphatic carbocycles. The van der Waals surface area contributed by atoms with E-state index in [2.05, 4.69) is 6.92 Å². The molecule has 2 N–H and O–H groups in total. The van der Waals surface area contributed by atoms with E-state index in [4.69, 9.17) is 0 Å².